The number of rotatable bonds is 9. The molecule has 0 atom stereocenters. The molecule has 1 aliphatic rings. The molecule has 0 fully saturated rings. The fraction of sp³-hybridized carbons (Fsp3) is 0.778. The first-order valence-electron chi connectivity index (χ1n) is 8.27. The zero-order valence-electron chi connectivity index (χ0n) is 13.2. The van der Waals surface area contributed by atoms with Gasteiger partial charge >= 0.3 is 0 Å². The monoisotopic (exact) mass is 264 g/mol. The normalized spacial score (nSPS) is 18.1. The average molecular weight is 264 g/mol. The first-order chi connectivity index (χ1) is 9.15. The fourth-order valence-electron chi connectivity index (χ4n) is 3.14. The van der Waals surface area contributed by atoms with Crippen LogP contribution in [0.1, 0.15) is 85.0 Å². The summed E-state index contributed by atoms with van der Waals surface area (Å²) < 4.78 is 0. The lowest BCUT2D eigenvalue weighted by molar-refractivity contribution is 0.243. The van der Waals surface area contributed by atoms with E-state index in [0.29, 0.717) is 5.76 Å². The highest BCUT2D eigenvalue weighted by Crippen LogP contribution is 2.43. The largest absolute Gasteiger partial charge is 0.512 e. The van der Waals surface area contributed by atoms with Crippen LogP contribution in [-0.4, -0.2) is 5.11 Å². The van der Waals surface area contributed by atoms with Crippen LogP contribution in [0.4, 0.5) is 0 Å². The van der Waals surface area contributed by atoms with Crippen molar-refractivity contribution in [3.63, 3.8) is 0 Å². The van der Waals surface area contributed by atoms with Gasteiger partial charge in [0.15, 0.2) is 0 Å². The molecule has 1 heteroatoms. The Morgan fingerprint density at radius 3 is 2.11 bits per heavy atom. The van der Waals surface area contributed by atoms with E-state index in [9.17, 15) is 5.11 Å². The van der Waals surface area contributed by atoms with Crippen LogP contribution in [0.3, 0.4) is 0 Å². The maximum Gasteiger partial charge on any atom is 0.0933 e. The molecule has 1 N–H and O–H groups in total. The van der Waals surface area contributed by atoms with Gasteiger partial charge in [-0.05, 0) is 42.7 Å². The molecule has 1 rings (SSSR count). The summed E-state index contributed by atoms with van der Waals surface area (Å²) in [6.07, 6.45) is 16.5. The highest BCUT2D eigenvalue weighted by molar-refractivity contribution is 5.29. The molecular weight excluding hydrogens is 232 g/mol. The Labute approximate surface area is 119 Å². The summed E-state index contributed by atoms with van der Waals surface area (Å²) in [5, 5.41) is 10.1. The molecule has 0 aromatic carbocycles. The van der Waals surface area contributed by atoms with Gasteiger partial charge in [-0.15, -0.1) is 0 Å². The topological polar surface area (TPSA) is 20.2 Å². The second kappa shape index (κ2) is 8.45. The van der Waals surface area contributed by atoms with E-state index in [1.54, 1.807) is 0 Å². The maximum absolute atomic E-state index is 10.1. The van der Waals surface area contributed by atoms with Gasteiger partial charge in [0.05, 0.1) is 5.76 Å². The molecule has 0 bridgehead atoms. The van der Waals surface area contributed by atoms with Crippen molar-refractivity contribution in [2.45, 2.75) is 85.0 Å². The second-order valence-electron chi connectivity index (χ2n) is 6.20. The van der Waals surface area contributed by atoms with Gasteiger partial charge in [-0.3, -0.25) is 0 Å². The molecule has 0 saturated carbocycles. The van der Waals surface area contributed by atoms with Gasteiger partial charge in [0.2, 0.25) is 0 Å². The van der Waals surface area contributed by atoms with Gasteiger partial charge in [0.25, 0.3) is 0 Å². The third-order valence-corrected chi connectivity index (χ3v) is 4.25. The molecule has 0 aromatic rings. The van der Waals surface area contributed by atoms with Gasteiger partial charge in [-0.1, -0.05) is 59.0 Å². The van der Waals surface area contributed by atoms with Crippen LogP contribution in [0.2, 0.25) is 0 Å². The molecule has 110 valence electrons. The molecule has 0 heterocycles. The van der Waals surface area contributed by atoms with Crippen LogP contribution in [0.15, 0.2) is 23.5 Å². The van der Waals surface area contributed by atoms with Crippen molar-refractivity contribution < 1.29 is 5.11 Å². The van der Waals surface area contributed by atoms with Gasteiger partial charge in [-0.25, -0.2) is 0 Å². The summed E-state index contributed by atoms with van der Waals surface area (Å²) in [7, 11) is 0. The predicted octanol–water partition coefficient (Wildman–Crippen LogP) is 6.32. The zero-order valence-corrected chi connectivity index (χ0v) is 13.2. The standard InChI is InChI=1S/C18H32O/c1-4-7-10-16-13-17(19)15-18(14-16,11-8-5-2)12-9-6-3/h13-14,19H,4-12,15H2,1-3H3. The smallest absolute Gasteiger partial charge is 0.0933 e. The Balaban J connectivity index is 2.81. The quantitative estimate of drug-likeness (QED) is 0.517. The van der Waals surface area contributed by atoms with Crippen molar-refractivity contribution in [1.29, 1.82) is 0 Å². The summed E-state index contributed by atoms with van der Waals surface area (Å²) in [6.45, 7) is 6.75. The molecule has 0 radical (unpaired) electrons. The van der Waals surface area contributed by atoms with Crippen LogP contribution in [-0.2, 0) is 0 Å². The number of hydrogen-bond donors (Lipinski definition) is 1. The Hall–Kier alpha value is -0.720. The number of unbranched alkanes of at least 4 members (excludes halogenated alkanes) is 3. The summed E-state index contributed by atoms with van der Waals surface area (Å²) in [6, 6.07) is 0. The van der Waals surface area contributed by atoms with E-state index in [1.807, 2.05) is 6.08 Å². The Morgan fingerprint density at radius 1 is 1.00 bits per heavy atom. The maximum atomic E-state index is 10.1. The van der Waals surface area contributed by atoms with Crippen molar-refractivity contribution in [1.82, 2.24) is 0 Å². The van der Waals surface area contributed by atoms with E-state index >= 15 is 0 Å². The zero-order chi connectivity index (χ0) is 14.1. The molecule has 0 unspecified atom stereocenters. The van der Waals surface area contributed by atoms with Gasteiger partial charge in [0.1, 0.15) is 0 Å². The molecule has 1 nitrogen and oxygen atoms in total. The van der Waals surface area contributed by atoms with Crippen LogP contribution < -0.4 is 0 Å². The molecule has 0 aromatic heterocycles. The highest BCUT2D eigenvalue weighted by Gasteiger charge is 2.30. The van der Waals surface area contributed by atoms with Crippen LogP contribution >= 0.6 is 0 Å². The van der Waals surface area contributed by atoms with E-state index in [0.717, 1.165) is 12.8 Å². The van der Waals surface area contributed by atoms with Crippen molar-refractivity contribution in [3.8, 4) is 0 Å². The lowest BCUT2D eigenvalue weighted by Crippen LogP contribution is -2.22. The molecule has 0 amide bonds. The van der Waals surface area contributed by atoms with Crippen molar-refractivity contribution in [3.05, 3.63) is 23.5 Å². The Bertz CT molecular complexity index is 304. The number of allylic oxidation sites excluding steroid dienone is 4. The summed E-state index contributed by atoms with van der Waals surface area (Å²) in [5.41, 5.74) is 1.62. The molecule has 1 aliphatic carbocycles. The lowest BCUT2D eigenvalue weighted by Gasteiger charge is -2.34. The minimum absolute atomic E-state index is 0.244. The van der Waals surface area contributed by atoms with E-state index < -0.39 is 0 Å². The first kappa shape index (κ1) is 16.3. The van der Waals surface area contributed by atoms with E-state index in [2.05, 4.69) is 26.8 Å². The van der Waals surface area contributed by atoms with Crippen LogP contribution in [0.5, 0.6) is 0 Å². The average Bonchev–Trinajstić information content (AvgIpc) is 2.40. The number of hydrogen-bond acceptors (Lipinski definition) is 1. The van der Waals surface area contributed by atoms with Crippen molar-refractivity contribution in [2.75, 3.05) is 0 Å². The SMILES string of the molecule is CCCCC1=CC(CCCC)(CCCC)CC(O)=C1. The van der Waals surface area contributed by atoms with E-state index in [-0.39, 0.29) is 5.41 Å². The first-order valence-corrected chi connectivity index (χ1v) is 8.27. The molecule has 0 saturated heterocycles. The number of aliphatic hydroxyl groups is 1. The molecular formula is C18H32O. The summed E-state index contributed by atoms with van der Waals surface area (Å²) in [4.78, 5) is 0. The fourth-order valence-corrected chi connectivity index (χ4v) is 3.14. The van der Waals surface area contributed by atoms with Gasteiger partial charge < -0.3 is 5.11 Å². The summed E-state index contributed by atoms with van der Waals surface area (Å²) >= 11 is 0. The lowest BCUT2D eigenvalue weighted by atomic mass is 9.71. The van der Waals surface area contributed by atoms with Crippen molar-refractivity contribution in [2.24, 2.45) is 5.41 Å². The minimum atomic E-state index is 0.244. The second-order valence-corrected chi connectivity index (χ2v) is 6.20. The highest BCUT2D eigenvalue weighted by atomic mass is 16.3. The van der Waals surface area contributed by atoms with Crippen molar-refractivity contribution >= 4 is 0 Å². The van der Waals surface area contributed by atoms with Crippen LogP contribution in [0.25, 0.3) is 0 Å². The van der Waals surface area contributed by atoms with Gasteiger partial charge in [-0.2, -0.15) is 0 Å². The Kier molecular flexibility index (Phi) is 7.27. The molecule has 0 aliphatic heterocycles. The Morgan fingerprint density at radius 2 is 1.58 bits per heavy atom. The molecule has 19 heavy (non-hydrogen) atoms. The third-order valence-electron chi connectivity index (χ3n) is 4.25. The number of aliphatic hydroxyl groups excluding tert-OH is 1. The summed E-state index contributed by atoms with van der Waals surface area (Å²) in [5.74, 6) is 0.612. The minimum Gasteiger partial charge on any atom is -0.512 e. The van der Waals surface area contributed by atoms with E-state index in [4.69, 9.17) is 0 Å². The predicted molar refractivity (Wildman–Crippen MR) is 84.4 cm³/mol. The molecule has 0 spiro atoms. The van der Waals surface area contributed by atoms with Gasteiger partial charge in [0, 0.05) is 6.42 Å². The van der Waals surface area contributed by atoms with Crippen LogP contribution in [0, 0.1) is 5.41 Å². The van der Waals surface area contributed by atoms with E-state index in [1.165, 1.54) is 56.9 Å². The third kappa shape index (κ3) is 5.42.